The van der Waals surface area contributed by atoms with Crippen LogP contribution in [0.5, 0.6) is 0 Å². The molecule has 2 N–H and O–H groups in total. The number of carbonyl (C=O) groups excluding carboxylic acids is 2. The Hall–Kier alpha value is -3.27. The van der Waals surface area contributed by atoms with Gasteiger partial charge in [-0.1, -0.05) is 48.5 Å². The molecule has 0 amide bonds. The highest BCUT2D eigenvalue weighted by atomic mass is 16.1. The van der Waals surface area contributed by atoms with Crippen molar-refractivity contribution in [3.63, 3.8) is 0 Å². The lowest BCUT2D eigenvalue weighted by atomic mass is 9.84. The Labute approximate surface area is 133 Å². The van der Waals surface area contributed by atoms with Gasteiger partial charge in [-0.2, -0.15) is 0 Å². The summed E-state index contributed by atoms with van der Waals surface area (Å²) in [4.78, 5) is 28.0. The molecule has 0 unspecified atom stereocenters. The number of pyridine rings is 1. The van der Waals surface area contributed by atoms with Crippen molar-refractivity contribution in [1.82, 2.24) is 4.98 Å². The van der Waals surface area contributed by atoms with Crippen molar-refractivity contribution in [2.75, 3.05) is 5.73 Å². The van der Waals surface area contributed by atoms with Crippen LogP contribution in [0.4, 0.5) is 5.69 Å². The van der Waals surface area contributed by atoms with Crippen molar-refractivity contribution in [3.05, 3.63) is 95.3 Å². The fraction of sp³-hybridized carbons (Fsp3) is 0. The Balaban J connectivity index is 0.000000188. The number of fused-ring (bicyclic) bond motifs is 2. The lowest BCUT2D eigenvalue weighted by Gasteiger charge is -2.16. The number of rotatable bonds is 0. The number of anilines is 1. The lowest BCUT2D eigenvalue weighted by molar-refractivity contribution is 0.0979. The average Bonchev–Trinajstić information content (AvgIpc) is 2.61. The molecule has 1 heterocycles. The van der Waals surface area contributed by atoms with Gasteiger partial charge in [-0.25, -0.2) is 0 Å². The van der Waals surface area contributed by atoms with E-state index in [0.29, 0.717) is 22.3 Å². The highest BCUT2D eigenvalue weighted by Crippen LogP contribution is 2.26. The first-order valence-electron chi connectivity index (χ1n) is 7.11. The van der Waals surface area contributed by atoms with E-state index in [1.165, 1.54) is 0 Å². The normalized spacial score (nSPS) is 11.8. The van der Waals surface area contributed by atoms with Gasteiger partial charge in [-0.05, 0) is 12.1 Å². The van der Waals surface area contributed by atoms with Gasteiger partial charge < -0.3 is 5.73 Å². The Kier molecular flexibility index (Phi) is 3.97. The van der Waals surface area contributed by atoms with Gasteiger partial charge in [0, 0.05) is 40.3 Å². The molecule has 4 heteroatoms. The maximum absolute atomic E-state index is 12.1. The minimum Gasteiger partial charge on any atom is -0.399 e. The van der Waals surface area contributed by atoms with Gasteiger partial charge in [0.2, 0.25) is 0 Å². The Morgan fingerprint density at radius 1 is 0.609 bits per heavy atom. The molecule has 0 radical (unpaired) electrons. The van der Waals surface area contributed by atoms with Crippen LogP contribution >= 0.6 is 0 Å². The molecular formula is C19H14N2O2. The van der Waals surface area contributed by atoms with Crippen LogP contribution in [0.2, 0.25) is 0 Å². The molecule has 0 saturated carbocycles. The average molecular weight is 302 g/mol. The van der Waals surface area contributed by atoms with Crippen molar-refractivity contribution in [3.8, 4) is 0 Å². The van der Waals surface area contributed by atoms with Crippen molar-refractivity contribution in [2.45, 2.75) is 0 Å². The molecule has 0 spiro atoms. The van der Waals surface area contributed by atoms with Gasteiger partial charge in [-0.15, -0.1) is 0 Å². The van der Waals surface area contributed by atoms with Gasteiger partial charge in [0.25, 0.3) is 0 Å². The van der Waals surface area contributed by atoms with E-state index < -0.39 is 0 Å². The minimum absolute atomic E-state index is 0.0641. The fourth-order valence-corrected chi connectivity index (χ4v) is 2.41. The predicted octanol–water partition coefficient (Wildman–Crippen LogP) is 3.13. The van der Waals surface area contributed by atoms with Gasteiger partial charge >= 0.3 is 0 Å². The van der Waals surface area contributed by atoms with E-state index in [9.17, 15) is 9.59 Å². The monoisotopic (exact) mass is 302 g/mol. The number of ketones is 2. The second-order valence-corrected chi connectivity index (χ2v) is 5.03. The van der Waals surface area contributed by atoms with Crippen molar-refractivity contribution < 1.29 is 9.59 Å². The van der Waals surface area contributed by atoms with Gasteiger partial charge in [0.15, 0.2) is 11.6 Å². The summed E-state index contributed by atoms with van der Waals surface area (Å²) in [6.45, 7) is 0. The van der Waals surface area contributed by atoms with Crippen LogP contribution in [0, 0.1) is 0 Å². The van der Waals surface area contributed by atoms with E-state index in [0.717, 1.165) is 5.69 Å². The van der Waals surface area contributed by atoms with Crippen LogP contribution < -0.4 is 5.73 Å². The smallest absolute Gasteiger partial charge is 0.194 e. The molecule has 0 fully saturated rings. The van der Waals surface area contributed by atoms with E-state index >= 15 is 0 Å². The highest BCUT2D eigenvalue weighted by Gasteiger charge is 2.28. The van der Waals surface area contributed by atoms with Crippen LogP contribution in [0.1, 0.15) is 31.8 Å². The molecule has 4 nitrogen and oxygen atoms in total. The first-order valence-corrected chi connectivity index (χ1v) is 7.11. The SMILES string of the molecule is Nc1ccncc1.O=C1c2ccccc2C(=O)c2ccccc21. The van der Waals surface area contributed by atoms with Crippen molar-refractivity contribution in [2.24, 2.45) is 0 Å². The van der Waals surface area contributed by atoms with Gasteiger partial charge in [-0.3, -0.25) is 14.6 Å². The zero-order chi connectivity index (χ0) is 16.2. The second kappa shape index (κ2) is 6.23. The molecule has 2 aromatic carbocycles. The summed E-state index contributed by atoms with van der Waals surface area (Å²) in [6, 6.07) is 17.4. The first kappa shape index (κ1) is 14.7. The summed E-state index contributed by atoms with van der Waals surface area (Å²) in [6.07, 6.45) is 3.32. The summed E-state index contributed by atoms with van der Waals surface area (Å²) in [7, 11) is 0. The Morgan fingerprint density at radius 2 is 0.957 bits per heavy atom. The number of aromatic nitrogens is 1. The quantitative estimate of drug-likeness (QED) is 0.541. The van der Waals surface area contributed by atoms with Gasteiger partial charge in [0.05, 0.1) is 0 Å². The standard InChI is InChI=1S/C14H8O2.C5H6N2/c15-13-9-5-1-2-6-10(9)14(16)12-8-4-3-7-11(12)13;6-5-1-3-7-4-2-5/h1-8H;1-4H,(H2,6,7). The number of hydrogen-bond acceptors (Lipinski definition) is 4. The third kappa shape index (κ3) is 2.87. The zero-order valence-corrected chi connectivity index (χ0v) is 12.3. The molecule has 1 aromatic heterocycles. The maximum atomic E-state index is 12.1. The first-order chi connectivity index (χ1) is 11.2. The van der Waals surface area contributed by atoms with Gasteiger partial charge in [0.1, 0.15) is 0 Å². The largest absolute Gasteiger partial charge is 0.399 e. The number of nitrogens with two attached hydrogens (primary N) is 1. The Bertz CT molecular complexity index is 768. The number of benzene rings is 2. The third-order valence-electron chi connectivity index (χ3n) is 3.54. The molecule has 112 valence electrons. The molecule has 0 atom stereocenters. The van der Waals surface area contributed by atoms with E-state index in [1.807, 2.05) is 0 Å². The summed E-state index contributed by atoms with van der Waals surface area (Å²) >= 11 is 0. The summed E-state index contributed by atoms with van der Waals surface area (Å²) in [5.41, 5.74) is 8.10. The summed E-state index contributed by atoms with van der Waals surface area (Å²) in [5.74, 6) is -0.128. The van der Waals surface area contributed by atoms with E-state index in [4.69, 9.17) is 5.73 Å². The zero-order valence-electron chi connectivity index (χ0n) is 12.3. The molecule has 0 aliphatic heterocycles. The number of nitrogens with zero attached hydrogens (tertiary/aromatic N) is 1. The third-order valence-corrected chi connectivity index (χ3v) is 3.54. The number of hydrogen-bond donors (Lipinski definition) is 1. The second-order valence-electron chi connectivity index (χ2n) is 5.03. The van der Waals surface area contributed by atoms with E-state index in [-0.39, 0.29) is 11.6 Å². The topological polar surface area (TPSA) is 73.0 Å². The lowest BCUT2D eigenvalue weighted by Crippen LogP contribution is -2.20. The van der Waals surface area contributed by atoms with E-state index in [1.54, 1.807) is 73.1 Å². The molecule has 0 bridgehead atoms. The van der Waals surface area contributed by atoms with Crippen LogP contribution in [-0.4, -0.2) is 16.6 Å². The van der Waals surface area contributed by atoms with Crippen molar-refractivity contribution in [1.29, 1.82) is 0 Å². The number of carbonyl (C=O) groups is 2. The summed E-state index contributed by atoms with van der Waals surface area (Å²) < 4.78 is 0. The van der Waals surface area contributed by atoms with Crippen molar-refractivity contribution >= 4 is 17.3 Å². The molecule has 1 aliphatic rings. The predicted molar refractivity (Wildman–Crippen MR) is 88.4 cm³/mol. The maximum Gasteiger partial charge on any atom is 0.194 e. The highest BCUT2D eigenvalue weighted by molar-refractivity contribution is 6.28. The minimum atomic E-state index is -0.0641. The molecule has 4 rings (SSSR count). The van der Waals surface area contributed by atoms with Crippen LogP contribution in [-0.2, 0) is 0 Å². The Morgan fingerprint density at radius 3 is 1.22 bits per heavy atom. The number of nitrogen functional groups attached to an aromatic ring is 1. The van der Waals surface area contributed by atoms with Crippen LogP contribution in [0.15, 0.2) is 73.1 Å². The molecular weight excluding hydrogens is 288 g/mol. The fourth-order valence-electron chi connectivity index (χ4n) is 2.41. The summed E-state index contributed by atoms with van der Waals surface area (Å²) in [5, 5.41) is 0. The van der Waals surface area contributed by atoms with Crippen LogP contribution in [0.3, 0.4) is 0 Å². The molecule has 23 heavy (non-hydrogen) atoms. The van der Waals surface area contributed by atoms with E-state index in [2.05, 4.69) is 4.98 Å². The molecule has 0 saturated heterocycles. The van der Waals surface area contributed by atoms with Crippen LogP contribution in [0.25, 0.3) is 0 Å². The molecule has 3 aromatic rings. The molecule has 1 aliphatic carbocycles.